The first-order valence-corrected chi connectivity index (χ1v) is 6.10. The fraction of sp³-hybridized carbons (Fsp3) is 0.455. The second-order valence-electron chi connectivity index (χ2n) is 3.85. The first-order chi connectivity index (χ1) is 7.90. The van der Waals surface area contributed by atoms with E-state index in [9.17, 15) is 9.59 Å². The maximum Gasteiger partial charge on any atom is 0.263 e. The molecule has 6 heteroatoms. The summed E-state index contributed by atoms with van der Waals surface area (Å²) in [5.74, 6) is -0.355. The van der Waals surface area contributed by atoms with Crippen molar-refractivity contribution in [2.24, 2.45) is 0 Å². The highest BCUT2D eigenvalue weighted by Gasteiger charge is 2.23. The summed E-state index contributed by atoms with van der Waals surface area (Å²) in [4.78, 5) is 25.6. The van der Waals surface area contributed by atoms with Gasteiger partial charge in [-0.15, -0.1) is 11.3 Å². The lowest BCUT2D eigenvalue weighted by atomic mass is 10.1. The molecule has 0 aliphatic rings. The number of carbonyl (C=O) groups is 2. The number of nitrogens with zero attached hydrogens (tertiary/aromatic N) is 1. The van der Waals surface area contributed by atoms with E-state index in [-0.39, 0.29) is 11.8 Å². The van der Waals surface area contributed by atoms with Gasteiger partial charge in [-0.05, 0) is 19.4 Å². The smallest absolute Gasteiger partial charge is 0.263 e. The monoisotopic (exact) mass is 255 g/mol. The highest BCUT2D eigenvalue weighted by atomic mass is 32.1. The van der Waals surface area contributed by atoms with Crippen molar-refractivity contribution in [3.63, 3.8) is 0 Å². The van der Waals surface area contributed by atoms with E-state index in [0.29, 0.717) is 27.5 Å². The lowest BCUT2D eigenvalue weighted by Crippen LogP contribution is -2.25. The molecule has 0 aliphatic heterocycles. The van der Waals surface area contributed by atoms with Gasteiger partial charge in [0.2, 0.25) is 0 Å². The number of rotatable bonds is 3. The maximum atomic E-state index is 11.9. The SMILES string of the molecule is CCNC(=O)c1c(N)sc(C(=O)N(C)C)c1C. The number of thiophene rings is 1. The Morgan fingerprint density at radius 2 is 2.00 bits per heavy atom. The number of carbonyl (C=O) groups excluding carboxylic acids is 2. The van der Waals surface area contributed by atoms with Crippen LogP contribution in [0.3, 0.4) is 0 Å². The van der Waals surface area contributed by atoms with Gasteiger partial charge in [0.05, 0.1) is 15.4 Å². The molecule has 17 heavy (non-hydrogen) atoms. The molecule has 0 atom stereocenters. The molecule has 0 saturated heterocycles. The van der Waals surface area contributed by atoms with Gasteiger partial charge >= 0.3 is 0 Å². The van der Waals surface area contributed by atoms with Crippen LogP contribution in [0.5, 0.6) is 0 Å². The van der Waals surface area contributed by atoms with Crippen molar-refractivity contribution in [2.75, 3.05) is 26.4 Å². The average molecular weight is 255 g/mol. The molecule has 5 nitrogen and oxygen atoms in total. The minimum absolute atomic E-state index is 0.130. The summed E-state index contributed by atoms with van der Waals surface area (Å²) in [6.45, 7) is 4.11. The van der Waals surface area contributed by atoms with Gasteiger partial charge in [0.25, 0.3) is 11.8 Å². The molecule has 0 bridgehead atoms. The van der Waals surface area contributed by atoms with E-state index in [0.717, 1.165) is 11.3 Å². The third-order valence-electron chi connectivity index (χ3n) is 2.34. The Labute approximate surface area is 105 Å². The Bertz CT molecular complexity index is 452. The zero-order chi connectivity index (χ0) is 13.2. The van der Waals surface area contributed by atoms with Crippen molar-refractivity contribution in [2.45, 2.75) is 13.8 Å². The van der Waals surface area contributed by atoms with Crippen molar-refractivity contribution >= 4 is 28.2 Å². The first-order valence-electron chi connectivity index (χ1n) is 5.28. The van der Waals surface area contributed by atoms with Gasteiger partial charge in [0, 0.05) is 20.6 Å². The molecule has 1 heterocycles. The second kappa shape index (κ2) is 5.18. The summed E-state index contributed by atoms with van der Waals surface area (Å²) in [6, 6.07) is 0. The molecule has 1 rings (SSSR count). The maximum absolute atomic E-state index is 11.9. The van der Waals surface area contributed by atoms with Crippen LogP contribution in [0.2, 0.25) is 0 Å². The molecule has 0 saturated carbocycles. The average Bonchev–Trinajstić information content (AvgIpc) is 2.53. The van der Waals surface area contributed by atoms with Gasteiger partial charge in [-0.25, -0.2) is 0 Å². The largest absolute Gasteiger partial charge is 0.390 e. The van der Waals surface area contributed by atoms with Crippen LogP contribution >= 0.6 is 11.3 Å². The van der Waals surface area contributed by atoms with Crippen LogP contribution in [0.4, 0.5) is 5.00 Å². The predicted octanol–water partition coefficient (Wildman–Crippen LogP) is 1.09. The zero-order valence-corrected chi connectivity index (χ0v) is 11.3. The van der Waals surface area contributed by atoms with Crippen LogP contribution in [0.15, 0.2) is 0 Å². The molecular formula is C11H17N3O2S. The number of anilines is 1. The van der Waals surface area contributed by atoms with E-state index < -0.39 is 0 Å². The fourth-order valence-corrected chi connectivity index (χ4v) is 2.57. The Morgan fingerprint density at radius 3 is 2.47 bits per heavy atom. The van der Waals surface area contributed by atoms with E-state index in [1.54, 1.807) is 21.0 Å². The van der Waals surface area contributed by atoms with Crippen molar-refractivity contribution in [1.29, 1.82) is 0 Å². The van der Waals surface area contributed by atoms with Crippen LogP contribution in [0.1, 0.15) is 32.5 Å². The number of amides is 2. The van der Waals surface area contributed by atoms with Crippen molar-refractivity contribution in [1.82, 2.24) is 10.2 Å². The summed E-state index contributed by atoms with van der Waals surface area (Å²) in [5, 5.41) is 3.08. The van der Waals surface area contributed by atoms with Crippen molar-refractivity contribution in [3.8, 4) is 0 Å². The van der Waals surface area contributed by atoms with E-state index in [4.69, 9.17) is 5.73 Å². The normalized spacial score (nSPS) is 10.1. The van der Waals surface area contributed by atoms with Crippen molar-refractivity contribution in [3.05, 3.63) is 16.0 Å². The number of nitrogens with two attached hydrogens (primary N) is 1. The van der Waals surface area contributed by atoms with Gasteiger partial charge < -0.3 is 16.0 Å². The Hall–Kier alpha value is -1.56. The zero-order valence-electron chi connectivity index (χ0n) is 10.5. The Balaban J connectivity index is 3.19. The summed E-state index contributed by atoms with van der Waals surface area (Å²) < 4.78 is 0. The molecule has 1 aromatic rings. The minimum atomic E-state index is -0.225. The molecule has 0 radical (unpaired) electrons. The first kappa shape index (κ1) is 13.5. The predicted molar refractivity (Wildman–Crippen MR) is 69.5 cm³/mol. The molecule has 94 valence electrons. The molecular weight excluding hydrogens is 238 g/mol. The molecule has 0 spiro atoms. The van der Waals surface area contributed by atoms with Crippen LogP contribution < -0.4 is 11.1 Å². The molecule has 0 fully saturated rings. The second-order valence-corrected chi connectivity index (χ2v) is 4.91. The number of hydrogen-bond donors (Lipinski definition) is 2. The highest BCUT2D eigenvalue weighted by Crippen LogP contribution is 2.31. The van der Waals surface area contributed by atoms with E-state index in [2.05, 4.69) is 5.32 Å². The molecule has 2 amide bonds. The molecule has 0 aliphatic carbocycles. The van der Waals surface area contributed by atoms with Crippen LogP contribution in [-0.2, 0) is 0 Å². The van der Waals surface area contributed by atoms with Crippen molar-refractivity contribution < 1.29 is 9.59 Å². The third-order valence-corrected chi connectivity index (χ3v) is 3.45. The highest BCUT2D eigenvalue weighted by molar-refractivity contribution is 7.18. The van der Waals surface area contributed by atoms with Crippen LogP contribution in [0.25, 0.3) is 0 Å². The lowest BCUT2D eigenvalue weighted by molar-refractivity contribution is 0.0831. The number of nitrogen functional groups attached to an aromatic ring is 1. The summed E-state index contributed by atoms with van der Waals surface area (Å²) >= 11 is 1.16. The summed E-state index contributed by atoms with van der Waals surface area (Å²) in [7, 11) is 3.34. The molecule has 1 aromatic heterocycles. The Kier molecular flexibility index (Phi) is 4.11. The minimum Gasteiger partial charge on any atom is -0.390 e. The topological polar surface area (TPSA) is 75.4 Å². The standard InChI is InChI=1S/C11H17N3O2S/c1-5-13-10(15)7-6(2)8(17-9(7)12)11(16)14(3)4/h5,12H2,1-4H3,(H,13,15). The molecule has 0 unspecified atom stereocenters. The number of nitrogens with one attached hydrogen (secondary N) is 1. The summed E-state index contributed by atoms with van der Waals surface area (Å²) in [6.07, 6.45) is 0. The van der Waals surface area contributed by atoms with Crippen LogP contribution in [0, 0.1) is 6.92 Å². The molecule has 0 aromatic carbocycles. The molecule has 3 N–H and O–H groups in total. The lowest BCUT2D eigenvalue weighted by Gasteiger charge is -2.09. The van der Waals surface area contributed by atoms with Gasteiger partial charge in [-0.3, -0.25) is 9.59 Å². The van der Waals surface area contributed by atoms with Gasteiger partial charge in [-0.2, -0.15) is 0 Å². The summed E-state index contributed by atoms with van der Waals surface area (Å²) in [5.41, 5.74) is 6.87. The number of hydrogen-bond acceptors (Lipinski definition) is 4. The van der Waals surface area contributed by atoms with Gasteiger partial charge in [-0.1, -0.05) is 0 Å². The van der Waals surface area contributed by atoms with Gasteiger partial charge in [0.1, 0.15) is 0 Å². The van der Waals surface area contributed by atoms with E-state index in [1.807, 2.05) is 6.92 Å². The Morgan fingerprint density at radius 1 is 1.41 bits per heavy atom. The van der Waals surface area contributed by atoms with Crippen LogP contribution in [-0.4, -0.2) is 37.4 Å². The quantitative estimate of drug-likeness (QED) is 0.849. The fourth-order valence-electron chi connectivity index (χ4n) is 1.47. The van der Waals surface area contributed by atoms with Gasteiger partial charge in [0.15, 0.2) is 0 Å². The van der Waals surface area contributed by atoms with E-state index >= 15 is 0 Å². The van der Waals surface area contributed by atoms with E-state index in [1.165, 1.54) is 4.90 Å². The third kappa shape index (κ3) is 2.58.